The van der Waals surface area contributed by atoms with Crippen LogP contribution in [0, 0.1) is 0 Å². The second kappa shape index (κ2) is 7.87. The molecule has 1 saturated heterocycles. The highest BCUT2D eigenvalue weighted by Crippen LogP contribution is 2.23. The van der Waals surface area contributed by atoms with Crippen LogP contribution in [0.2, 0.25) is 0 Å². The van der Waals surface area contributed by atoms with Crippen molar-refractivity contribution in [3.8, 4) is 5.75 Å². The maximum atomic E-state index is 12.6. The Hall–Kier alpha value is -3.07. The molecule has 0 saturated carbocycles. The zero-order chi connectivity index (χ0) is 18.5. The van der Waals surface area contributed by atoms with Gasteiger partial charge in [-0.05, 0) is 38.0 Å². The van der Waals surface area contributed by atoms with Gasteiger partial charge >= 0.3 is 0 Å². The Kier molecular flexibility index (Phi) is 5.37. The van der Waals surface area contributed by atoms with Crippen LogP contribution in [-0.4, -0.2) is 42.6 Å². The summed E-state index contributed by atoms with van der Waals surface area (Å²) in [6.45, 7) is 3.83. The quantitative estimate of drug-likeness (QED) is 0.321. The number of amidine groups is 1. The van der Waals surface area contributed by atoms with Gasteiger partial charge < -0.3 is 15.4 Å². The van der Waals surface area contributed by atoms with Crippen molar-refractivity contribution in [3.05, 3.63) is 40.8 Å². The van der Waals surface area contributed by atoms with Gasteiger partial charge in [0.25, 0.3) is 5.91 Å². The number of nitrogens with one attached hydrogen (secondary N) is 3. The molecule has 2 heterocycles. The molecular formula is C17H22N6O3. The minimum atomic E-state index is -0.0117. The minimum Gasteiger partial charge on any atom is -0.493 e. The third kappa shape index (κ3) is 3.62. The third-order valence-electron chi connectivity index (χ3n) is 4.18. The first-order valence-corrected chi connectivity index (χ1v) is 8.51. The van der Waals surface area contributed by atoms with Gasteiger partial charge in [0.15, 0.2) is 12.1 Å². The lowest BCUT2D eigenvalue weighted by atomic mass is 10.1. The van der Waals surface area contributed by atoms with Crippen molar-refractivity contribution >= 4 is 18.0 Å². The summed E-state index contributed by atoms with van der Waals surface area (Å²) in [5, 5.41) is 0. The zero-order valence-corrected chi connectivity index (χ0v) is 14.5. The molecule has 3 rings (SSSR count). The average Bonchev–Trinajstić information content (AvgIpc) is 3.33. The Morgan fingerprint density at radius 2 is 2.12 bits per heavy atom. The monoisotopic (exact) mass is 358 g/mol. The largest absolute Gasteiger partial charge is 0.493 e. The van der Waals surface area contributed by atoms with Crippen LogP contribution in [0.3, 0.4) is 0 Å². The van der Waals surface area contributed by atoms with Crippen molar-refractivity contribution in [2.24, 2.45) is 10.7 Å². The molecule has 0 bridgehead atoms. The summed E-state index contributed by atoms with van der Waals surface area (Å²) in [6.07, 6.45) is 2.69. The second-order valence-corrected chi connectivity index (χ2v) is 5.90. The molecule has 0 aliphatic carbocycles. The molecule has 1 aromatic rings. The summed E-state index contributed by atoms with van der Waals surface area (Å²) < 4.78 is 5.66. The Morgan fingerprint density at radius 3 is 2.81 bits per heavy atom. The molecule has 138 valence electrons. The number of hydrogen-bond acceptors (Lipinski definition) is 7. The number of carbonyl (C=O) groups excluding carboxylic acids is 2. The second-order valence-electron chi connectivity index (χ2n) is 5.90. The average molecular weight is 358 g/mol. The molecule has 2 aliphatic rings. The highest BCUT2D eigenvalue weighted by atomic mass is 16.5. The van der Waals surface area contributed by atoms with Crippen LogP contribution < -0.4 is 26.9 Å². The van der Waals surface area contributed by atoms with E-state index in [1.165, 1.54) is 0 Å². The maximum absolute atomic E-state index is 12.6. The lowest BCUT2D eigenvalue weighted by molar-refractivity contribution is -0.105. The number of nitrogens with zero attached hydrogens (tertiary/aromatic N) is 2. The van der Waals surface area contributed by atoms with Crippen LogP contribution >= 0.6 is 0 Å². The number of allylic oxidation sites excluding steroid dienone is 1. The molecule has 5 N–H and O–H groups in total. The van der Waals surface area contributed by atoms with E-state index in [0.717, 1.165) is 25.9 Å². The van der Waals surface area contributed by atoms with E-state index in [9.17, 15) is 9.59 Å². The molecule has 1 amide bonds. The Morgan fingerprint density at radius 1 is 1.35 bits per heavy atom. The van der Waals surface area contributed by atoms with Crippen LogP contribution in [0.5, 0.6) is 5.75 Å². The Labute approximate surface area is 151 Å². The van der Waals surface area contributed by atoms with Crippen LogP contribution in [0.15, 0.2) is 34.7 Å². The van der Waals surface area contributed by atoms with E-state index in [0.29, 0.717) is 29.8 Å². The highest BCUT2D eigenvalue weighted by molar-refractivity contribution is 6.03. The summed E-state index contributed by atoms with van der Waals surface area (Å²) in [6, 6.07) is 5.12. The van der Waals surface area contributed by atoms with E-state index in [2.05, 4.69) is 21.4 Å². The number of likely N-dealkylation sites (tertiary alicyclic amines) is 1. The normalized spacial score (nSPS) is 17.1. The van der Waals surface area contributed by atoms with Gasteiger partial charge in [0.2, 0.25) is 0 Å². The molecule has 26 heavy (non-hydrogen) atoms. The van der Waals surface area contributed by atoms with E-state index in [1.807, 2.05) is 11.8 Å². The predicted molar refractivity (Wildman–Crippen MR) is 96.0 cm³/mol. The molecule has 0 radical (unpaired) electrons. The van der Waals surface area contributed by atoms with Gasteiger partial charge in [-0.2, -0.15) is 0 Å². The summed E-state index contributed by atoms with van der Waals surface area (Å²) in [4.78, 5) is 29.6. The van der Waals surface area contributed by atoms with Gasteiger partial charge in [0.05, 0.1) is 12.2 Å². The van der Waals surface area contributed by atoms with E-state index in [1.54, 1.807) is 18.2 Å². The fraction of sp³-hybridized carbons (Fsp3) is 0.353. The molecule has 2 aliphatic heterocycles. The number of aldehydes is 1. The van der Waals surface area contributed by atoms with Crippen molar-refractivity contribution in [2.45, 2.75) is 19.8 Å². The van der Waals surface area contributed by atoms with Gasteiger partial charge in [-0.1, -0.05) is 0 Å². The van der Waals surface area contributed by atoms with E-state index in [-0.39, 0.29) is 23.3 Å². The number of ether oxygens (including phenoxy) is 1. The van der Waals surface area contributed by atoms with Gasteiger partial charge in [0, 0.05) is 18.7 Å². The molecule has 0 atom stereocenters. The SMILES string of the molecule is CCOc1cc(C(=O)N2CCCC2)ccc1/C(N)=N/C1=C(C=O)NNN1. The standard InChI is InChI=1S/C17H22N6O3/c1-2-26-14-9-11(17(25)23-7-3-4-8-23)5-6-12(14)15(18)19-16-13(10-24)20-22-21-16/h5-6,9-10,20-22H,2-4,7-8H2,1H3,(H2,18,19). The van der Waals surface area contributed by atoms with Crippen molar-refractivity contribution in [3.63, 3.8) is 0 Å². The van der Waals surface area contributed by atoms with Gasteiger partial charge in [0.1, 0.15) is 17.3 Å². The van der Waals surface area contributed by atoms with Gasteiger partial charge in [-0.3, -0.25) is 20.4 Å². The van der Waals surface area contributed by atoms with Crippen LogP contribution in [-0.2, 0) is 4.79 Å². The van der Waals surface area contributed by atoms with Crippen LogP contribution in [0.25, 0.3) is 0 Å². The van der Waals surface area contributed by atoms with Crippen molar-refractivity contribution in [1.29, 1.82) is 0 Å². The highest BCUT2D eigenvalue weighted by Gasteiger charge is 2.21. The van der Waals surface area contributed by atoms with Crippen molar-refractivity contribution < 1.29 is 14.3 Å². The maximum Gasteiger partial charge on any atom is 0.253 e. The number of aliphatic imine (C=N–C) groups is 1. The summed E-state index contributed by atoms with van der Waals surface area (Å²) >= 11 is 0. The fourth-order valence-corrected chi connectivity index (χ4v) is 2.88. The van der Waals surface area contributed by atoms with Gasteiger partial charge in [-0.15, -0.1) is 5.53 Å². The number of rotatable bonds is 6. The molecule has 1 fully saturated rings. The Balaban J connectivity index is 1.91. The zero-order valence-electron chi connectivity index (χ0n) is 14.5. The number of amides is 1. The van der Waals surface area contributed by atoms with E-state index < -0.39 is 0 Å². The molecule has 0 spiro atoms. The molecule has 0 unspecified atom stereocenters. The van der Waals surface area contributed by atoms with Crippen molar-refractivity contribution in [1.82, 2.24) is 21.3 Å². The van der Waals surface area contributed by atoms with E-state index >= 15 is 0 Å². The lowest BCUT2D eigenvalue weighted by Crippen LogP contribution is -2.33. The number of hydrazine groups is 2. The fourth-order valence-electron chi connectivity index (χ4n) is 2.88. The number of carbonyl (C=O) groups is 2. The molecule has 9 heteroatoms. The number of benzene rings is 1. The van der Waals surface area contributed by atoms with Crippen LogP contribution in [0.4, 0.5) is 0 Å². The van der Waals surface area contributed by atoms with E-state index in [4.69, 9.17) is 10.5 Å². The molecule has 0 aromatic heterocycles. The van der Waals surface area contributed by atoms with Gasteiger partial charge in [-0.25, -0.2) is 4.99 Å². The number of hydrogen-bond donors (Lipinski definition) is 4. The topological polar surface area (TPSA) is 121 Å². The molecule has 9 nitrogen and oxygen atoms in total. The first-order chi connectivity index (χ1) is 12.6. The van der Waals surface area contributed by atoms with Crippen LogP contribution in [0.1, 0.15) is 35.7 Å². The number of nitrogens with two attached hydrogens (primary N) is 1. The third-order valence-corrected chi connectivity index (χ3v) is 4.18. The summed E-state index contributed by atoms with van der Waals surface area (Å²) in [5.74, 6) is 0.909. The predicted octanol–water partition coefficient (Wildman–Crippen LogP) is 0.00700. The lowest BCUT2D eigenvalue weighted by Gasteiger charge is -2.17. The smallest absolute Gasteiger partial charge is 0.253 e. The molecular weight excluding hydrogens is 336 g/mol. The van der Waals surface area contributed by atoms with Crippen molar-refractivity contribution in [2.75, 3.05) is 19.7 Å². The summed E-state index contributed by atoms with van der Waals surface area (Å²) in [5.41, 5.74) is 15.3. The molecule has 1 aromatic carbocycles. The summed E-state index contributed by atoms with van der Waals surface area (Å²) in [7, 11) is 0. The Bertz CT molecular complexity index is 768. The first-order valence-electron chi connectivity index (χ1n) is 8.51. The minimum absolute atomic E-state index is 0.0117. The first kappa shape index (κ1) is 17.7.